The zero-order valence-electron chi connectivity index (χ0n) is 21.6. The van der Waals surface area contributed by atoms with Gasteiger partial charge in [-0.05, 0) is 54.6 Å². The van der Waals surface area contributed by atoms with Gasteiger partial charge < -0.3 is 30.0 Å². The summed E-state index contributed by atoms with van der Waals surface area (Å²) in [7, 11) is 3.21. The molecule has 5 rings (SSSR count). The summed E-state index contributed by atoms with van der Waals surface area (Å²) in [6, 6.07) is 21.6. The van der Waals surface area contributed by atoms with Crippen LogP contribution in [0.5, 0.6) is 11.5 Å². The molecule has 3 aromatic carbocycles. The normalized spacial score (nSPS) is 10.6. The van der Waals surface area contributed by atoms with Crippen LogP contribution >= 0.6 is 0 Å². The molecule has 2 aromatic heterocycles. The molecule has 10 heteroatoms. The second kappa shape index (κ2) is 10.9. The van der Waals surface area contributed by atoms with E-state index in [2.05, 4.69) is 25.9 Å². The van der Waals surface area contributed by atoms with Gasteiger partial charge in [0.05, 0.1) is 19.7 Å². The van der Waals surface area contributed by atoms with E-state index < -0.39 is 0 Å². The molecule has 2 amide bonds. The van der Waals surface area contributed by atoms with Crippen molar-refractivity contribution < 1.29 is 19.1 Å². The van der Waals surface area contributed by atoms with Gasteiger partial charge in [0, 0.05) is 53.4 Å². The summed E-state index contributed by atoms with van der Waals surface area (Å²) in [5, 5.41) is 9.74. The van der Waals surface area contributed by atoms with Crippen LogP contribution in [0.4, 0.5) is 23.0 Å². The van der Waals surface area contributed by atoms with Crippen LogP contribution in [0.1, 0.15) is 17.3 Å². The number of carbonyl (C=O) groups excluding carboxylic acids is 2. The minimum atomic E-state index is -0.302. The van der Waals surface area contributed by atoms with Crippen LogP contribution in [0.2, 0.25) is 0 Å². The number of hydrogen-bond acceptors (Lipinski definition) is 7. The van der Waals surface area contributed by atoms with Crippen LogP contribution in [0, 0.1) is 0 Å². The molecule has 0 aliphatic heterocycles. The average molecular weight is 523 g/mol. The number of aromatic nitrogens is 3. The predicted octanol–water partition coefficient (Wildman–Crippen LogP) is 5.39. The summed E-state index contributed by atoms with van der Waals surface area (Å²) in [4.78, 5) is 33.2. The van der Waals surface area contributed by atoms with E-state index in [1.807, 2.05) is 47.2 Å². The minimum Gasteiger partial charge on any atom is -0.493 e. The molecule has 0 spiro atoms. The Morgan fingerprint density at radius 3 is 2.31 bits per heavy atom. The van der Waals surface area contributed by atoms with E-state index in [9.17, 15) is 9.59 Å². The van der Waals surface area contributed by atoms with Crippen LogP contribution in [-0.2, 0) is 4.79 Å². The lowest BCUT2D eigenvalue weighted by Gasteiger charge is -2.12. The average Bonchev–Trinajstić information content (AvgIpc) is 3.35. The maximum absolute atomic E-state index is 12.8. The predicted molar refractivity (Wildman–Crippen MR) is 150 cm³/mol. The van der Waals surface area contributed by atoms with E-state index in [4.69, 9.17) is 9.47 Å². The molecule has 10 nitrogen and oxygen atoms in total. The van der Waals surface area contributed by atoms with Crippen molar-refractivity contribution in [1.82, 2.24) is 14.5 Å². The number of hydrogen-bond donors (Lipinski definition) is 3. The molecule has 0 aliphatic rings. The van der Waals surface area contributed by atoms with Crippen LogP contribution in [-0.4, -0.2) is 40.6 Å². The van der Waals surface area contributed by atoms with Crippen LogP contribution in [0.15, 0.2) is 85.2 Å². The van der Waals surface area contributed by atoms with Gasteiger partial charge in [0.15, 0.2) is 11.5 Å². The van der Waals surface area contributed by atoms with Crippen LogP contribution < -0.4 is 25.4 Å². The molecule has 39 heavy (non-hydrogen) atoms. The number of anilines is 4. The smallest absolute Gasteiger partial charge is 0.255 e. The van der Waals surface area contributed by atoms with Gasteiger partial charge in [-0.1, -0.05) is 12.1 Å². The third-order valence-electron chi connectivity index (χ3n) is 5.90. The van der Waals surface area contributed by atoms with Gasteiger partial charge in [-0.2, -0.15) is 4.98 Å². The highest BCUT2D eigenvalue weighted by Gasteiger charge is 2.12. The van der Waals surface area contributed by atoms with E-state index in [1.165, 1.54) is 6.92 Å². The van der Waals surface area contributed by atoms with Gasteiger partial charge in [0.2, 0.25) is 11.9 Å². The first-order chi connectivity index (χ1) is 18.9. The highest BCUT2D eigenvalue weighted by Crippen LogP contribution is 2.33. The van der Waals surface area contributed by atoms with Crippen molar-refractivity contribution in [3.8, 4) is 17.3 Å². The number of methoxy groups -OCH3 is 2. The largest absolute Gasteiger partial charge is 0.493 e. The number of amides is 2. The molecule has 0 unspecified atom stereocenters. The van der Waals surface area contributed by atoms with Gasteiger partial charge in [-0.25, -0.2) is 4.98 Å². The fourth-order valence-corrected chi connectivity index (χ4v) is 4.15. The minimum absolute atomic E-state index is 0.206. The van der Waals surface area contributed by atoms with E-state index >= 15 is 0 Å². The summed E-state index contributed by atoms with van der Waals surface area (Å²) < 4.78 is 12.8. The van der Waals surface area contributed by atoms with Crippen LogP contribution in [0.3, 0.4) is 0 Å². The summed E-state index contributed by atoms with van der Waals surface area (Å²) in [5.41, 5.74) is 3.16. The molecule has 2 heterocycles. The molecule has 0 atom stereocenters. The molecule has 0 bridgehead atoms. The Hall–Kier alpha value is -5.38. The molecular weight excluding hydrogens is 496 g/mol. The fourth-order valence-electron chi connectivity index (χ4n) is 4.15. The third kappa shape index (κ3) is 5.64. The Morgan fingerprint density at radius 2 is 1.54 bits per heavy atom. The summed E-state index contributed by atoms with van der Waals surface area (Å²) in [5.74, 6) is 1.82. The first-order valence-corrected chi connectivity index (χ1v) is 12.1. The maximum Gasteiger partial charge on any atom is 0.255 e. The molecule has 0 aliphatic carbocycles. The highest BCUT2D eigenvalue weighted by molar-refractivity contribution is 6.05. The van der Waals surface area contributed by atoms with Crippen molar-refractivity contribution in [3.05, 3.63) is 90.8 Å². The second-order valence-electron chi connectivity index (χ2n) is 8.61. The molecule has 5 aromatic rings. The Labute approximate surface area is 224 Å². The SMILES string of the molecule is COc1cc2ccn(-c3ccnc(Nc4cccc(NC(=O)c5cccc(NC(C)=O)c5)c4)n3)c2cc1OC. The summed E-state index contributed by atoms with van der Waals surface area (Å²) in [6.07, 6.45) is 3.59. The standard InChI is InChI=1S/C29H26N6O4/c1-18(36)31-21-7-4-6-20(14-21)28(37)32-22-8-5-9-23(16-22)33-29-30-12-10-27(34-29)35-13-11-19-15-25(38-2)26(39-3)17-24(19)35/h4-17H,1-3H3,(H,31,36)(H,32,37)(H,30,33,34). The van der Waals surface area contributed by atoms with Crippen molar-refractivity contribution in [1.29, 1.82) is 0 Å². The molecule has 0 saturated carbocycles. The highest BCUT2D eigenvalue weighted by atomic mass is 16.5. The van der Waals surface area contributed by atoms with Crippen molar-refractivity contribution in [2.45, 2.75) is 6.92 Å². The Kier molecular flexibility index (Phi) is 7.09. The summed E-state index contributed by atoms with van der Waals surface area (Å²) >= 11 is 0. The monoisotopic (exact) mass is 522 g/mol. The lowest BCUT2D eigenvalue weighted by Crippen LogP contribution is -2.13. The number of carbonyl (C=O) groups is 2. The number of nitrogens with zero attached hydrogens (tertiary/aromatic N) is 3. The number of rotatable bonds is 8. The fraction of sp³-hybridized carbons (Fsp3) is 0.103. The quantitative estimate of drug-likeness (QED) is 0.250. The van der Waals surface area contributed by atoms with Gasteiger partial charge in [-0.3, -0.25) is 9.59 Å². The molecule has 3 N–H and O–H groups in total. The van der Waals surface area contributed by atoms with Crippen molar-refractivity contribution in [2.24, 2.45) is 0 Å². The van der Waals surface area contributed by atoms with Gasteiger partial charge >= 0.3 is 0 Å². The van der Waals surface area contributed by atoms with Crippen molar-refractivity contribution >= 4 is 45.7 Å². The second-order valence-corrected chi connectivity index (χ2v) is 8.61. The van der Waals surface area contributed by atoms with Crippen LogP contribution in [0.25, 0.3) is 16.7 Å². The third-order valence-corrected chi connectivity index (χ3v) is 5.90. The van der Waals surface area contributed by atoms with E-state index in [0.717, 1.165) is 10.9 Å². The zero-order valence-corrected chi connectivity index (χ0v) is 21.6. The lowest BCUT2D eigenvalue weighted by molar-refractivity contribution is -0.114. The van der Waals surface area contributed by atoms with E-state index in [0.29, 0.717) is 45.9 Å². The first kappa shape index (κ1) is 25.3. The molecule has 196 valence electrons. The summed E-state index contributed by atoms with van der Waals surface area (Å²) in [6.45, 7) is 1.42. The van der Waals surface area contributed by atoms with Crippen molar-refractivity contribution in [2.75, 3.05) is 30.2 Å². The lowest BCUT2D eigenvalue weighted by atomic mass is 10.1. The maximum atomic E-state index is 12.8. The Balaban J connectivity index is 1.34. The number of nitrogens with one attached hydrogen (secondary N) is 3. The molecular formula is C29H26N6O4. The van der Waals surface area contributed by atoms with Crippen molar-refractivity contribution in [3.63, 3.8) is 0 Å². The number of ether oxygens (including phenoxy) is 2. The molecule has 0 fully saturated rings. The Morgan fingerprint density at radius 1 is 0.821 bits per heavy atom. The first-order valence-electron chi connectivity index (χ1n) is 12.1. The molecule has 0 radical (unpaired) electrons. The van der Waals surface area contributed by atoms with Gasteiger partial charge in [0.25, 0.3) is 5.91 Å². The topological polar surface area (TPSA) is 119 Å². The Bertz CT molecular complexity index is 1680. The zero-order chi connectivity index (χ0) is 27.4. The molecule has 0 saturated heterocycles. The van der Waals surface area contributed by atoms with Gasteiger partial charge in [-0.15, -0.1) is 0 Å². The van der Waals surface area contributed by atoms with E-state index in [1.54, 1.807) is 56.8 Å². The number of benzene rings is 3. The number of fused-ring (bicyclic) bond motifs is 1. The van der Waals surface area contributed by atoms with Gasteiger partial charge in [0.1, 0.15) is 5.82 Å². The van der Waals surface area contributed by atoms with E-state index in [-0.39, 0.29) is 11.8 Å².